The summed E-state index contributed by atoms with van der Waals surface area (Å²) in [5.41, 5.74) is 5.65. The lowest BCUT2D eigenvalue weighted by atomic mass is 10.1. The second-order valence-corrected chi connectivity index (χ2v) is 6.35. The van der Waals surface area contributed by atoms with Crippen LogP contribution in [0.1, 0.15) is 61.3 Å². The van der Waals surface area contributed by atoms with Crippen LogP contribution >= 0.6 is 0 Å². The summed E-state index contributed by atoms with van der Waals surface area (Å²) in [5.74, 6) is 0.254. The zero-order valence-electron chi connectivity index (χ0n) is 14.7. The van der Waals surface area contributed by atoms with Crippen molar-refractivity contribution >= 4 is 24.2 Å². The number of hydrogen-bond donors (Lipinski definition) is 2. The van der Waals surface area contributed by atoms with E-state index in [1.165, 1.54) is 6.07 Å². The lowest BCUT2D eigenvalue weighted by molar-refractivity contribution is 0.0954. The fraction of sp³-hybridized carbons (Fsp3) is 0.444. The summed E-state index contributed by atoms with van der Waals surface area (Å²) in [4.78, 5) is 24.0. The Balaban J connectivity index is 2.62. The van der Waals surface area contributed by atoms with Crippen molar-refractivity contribution in [3.8, 4) is 0 Å². The third kappa shape index (κ3) is 7.67. The molecule has 0 aliphatic heterocycles. The second-order valence-electron chi connectivity index (χ2n) is 6.35. The van der Waals surface area contributed by atoms with E-state index in [0.29, 0.717) is 23.0 Å². The van der Waals surface area contributed by atoms with Crippen LogP contribution in [0.3, 0.4) is 0 Å². The Hall–Kier alpha value is -2.50. The van der Waals surface area contributed by atoms with Gasteiger partial charge in [0.2, 0.25) is 0 Å². The van der Waals surface area contributed by atoms with Gasteiger partial charge in [-0.2, -0.15) is 10.2 Å². The van der Waals surface area contributed by atoms with Crippen LogP contribution in [-0.4, -0.2) is 24.2 Å². The Labute approximate surface area is 143 Å². The van der Waals surface area contributed by atoms with Crippen molar-refractivity contribution in [3.05, 3.63) is 35.4 Å². The molecular formula is C18H26N4O2. The molecule has 0 spiro atoms. The van der Waals surface area contributed by atoms with Gasteiger partial charge in [0.25, 0.3) is 11.8 Å². The number of amides is 2. The van der Waals surface area contributed by atoms with Gasteiger partial charge in [-0.3, -0.25) is 9.59 Å². The Morgan fingerprint density at radius 3 is 1.71 bits per heavy atom. The molecule has 1 aromatic carbocycles. The molecule has 0 bridgehead atoms. The van der Waals surface area contributed by atoms with Crippen LogP contribution in [0.25, 0.3) is 0 Å². The first-order chi connectivity index (χ1) is 11.4. The molecule has 0 saturated carbocycles. The minimum atomic E-state index is -0.354. The standard InChI is InChI=1S/C18H26N4O2/c1-13(2)8-10-19-21-17(23)15-6-5-7-16(12-15)18(24)22-20-11-9-14(3)4/h5-7,10-14H,8-9H2,1-4H3,(H,21,23)(H,22,24)/b19-10+,20-11+. The maximum atomic E-state index is 12.0. The highest BCUT2D eigenvalue weighted by atomic mass is 16.2. The summed E-state index contributed by atoms with van der Waals surface area (Å²) in [7, 11) is 0. The maximum absolute atomic E-state index is 12.0. The quantitative estimate of drug-likeness (QED) is 0.567. The predicted octanol–water partition coefficient (Wildman–Crippen LogP) is 3.21. The van der Waals surface area contributed by atoms with Gasteiger partial charge in [-0.25, -0.2) is 10.9 Å². The second kappa shape index (κ2) is 10.3. The van der Waals surface area contributed by atoms with E-state index in [1.807, 2.05) is 0 Å². The molecule has 6 nitrogen and oxygen atoms in total. The highest BCUT2D eigenvalue weighted by Crippen LogP contribution is 2.06. The molecule has 0 radical (unpaired) electrons. The molecular weight excluding hydrogens is 304 g/mol. The SMILES string of the molecule is CC(C)C/C=N/NC(=O)c1cccc(C(=O)N/N=C/CC(C)C)c1. The molecule has 1 rings (SSSR count). The Kier molecular flexibility index (Phi) is 8.39. The van der Waals surface area contributed by atoms with Gasteiger partial charge >= 0.3 is 0 Å². The van der Waals surface area contributed by atoms with E-state index >= 15 is 0 Å². The van der Waals surface area contributed by atoms with Crippen molar-refractivity contribution in [2.45, 2.75) is 40.5 Å². The first-order valence-electron chi connectivity index (χ1n) is 8.14. The average molecular weight is 330 g/mol. The van der Waals surface area contributed by atoms with E-state index < -0.39 is 0 Å². The molecule has 0 unspecified atom stereocenters. The minimum absolute atomic E-state index is 0.354. The van der Waals surface area contributed by atoms with E-state index in [1.54, 1.807) is 30.6 Å². The molecule has 1 aromatic rings. The van der Waals surface area contributed by atoms with E-state index in [2.05, 4.69) is 48.7 Å². The first kappa shape index (κ1) is 19.5. The average Bonchev–Trinajstić information content (AvgIpc) is 2.55. The molecule has 24 heavy (non-hydrogen) atoms. The number of carbonyl (C=O) groups excluding carboxylic acids is 2. The largest absolute Gasteiger partial charge is 0.271 e. The highest BCUT2D eigenvalue weighted by Gasteiger charge is 2.09. The van der Waals surface area contributed by atoms with Crippen LogP contribution in [-0.2, 0) is 0 Å². The molecule has 0 aliphatic carbocycles. The van der Waals surface area contributed by atoms with Crippen LogP contribution in [0, 0.1) is 11.8 Å². The van der Waals surface area contributed by atoms with Gasteiger partial charge in [0.1, 0.15) is 0 Å². The Morgan fingerprint density at radius 1 is 0.917 bits per heavy atom. The van der Waals surface area contributed by atoms with Crippen LogP contribution in [0.4, 0.5) is 0 Å². The van der Waals surface area contributed by atoms with Gasteiger partial charge in [0, 0.05) is 23.6 Å². The minimum Gasteiger partial charge on any atom is -0.267 e. The van der Waals surface area contributed by atoms with Crippen LogP contribution in [0.15, 0.2) is 34.5 Å². The number of rotatable bonds is 8. The highest BCUT2D eigenvalue weighted by molar-refractivity contribution is 5.99. The van der Waals surface area contributed by atoms with Gasteiger partial charge in [0.15, 0.2) is 0 Å². The summed E-state index contributed by atoms with van der Waals surface area (Å²) >= 11 is 0. The summed E-state index contributed by atoms with van der Waals surface area (Å²) in [5, 5.41) is 7.78. The van der Waals surface area contributed by atoms with E-state index in [-0.39, 0.29) is 11.8 Å². The lowest BCUT2D eigenvalue weighted by Crippen LogP contribution is -2.20. The Bertz CT molecular complexity index is 558. The number of nitrogens with one attached hydrogen (secondary N) is 2. The summed E-state index contributed by atoms with van der Waals surface area (Å²) in [6.07, 6.45) is 4.92. The fourth-order valence-electron chi connectivity index (χ4n) is 1.67. The third-order valence-corrected chi connectivity index (χ3v) is 3.06. The van der Waals surface area contributed by atoms with Crippen LogP contribution < -0.4 is 10.9 Å². The molecule has 0 atom stereocenters. The first-order valence-corrected chi connectivity index (χ1v) is 8.14. The van der Waals surface area contributed by atoms with Gasteiger partial charge in [0.05, 0.1) is 0 Å². The summed E-state index contributed by atoms with van der Waals surface area (Å²) in [6.45, 7) is 8.28. The van der Waals surface area contributed by atoms with Gasteiger partial charge in [-0.15, -0.1) is 0 Å². The Morgan fingerprint density at radius 2 is 1.33 bits per heavy atom. The van der Waals surface area contributed by atoms with E-state index in [0.717, 1.165) is 12.8 Å². The number of carbonyl (C=O) groups is 2. The lowest BCUT2D eigenvalue weighted by Gasteiger charge is -2.04. The van der Waals surface area contributed by atoms with E-state index in [4.69, 9.17) is 0 Å². The smallest absolute Gasteiger partial charge is 0.267 e. The number of hydrazone groups is 2. The van der Waals surface area contributed by atoms with Crippen molar-refractivity contribution in [1.29, 1.82) is 0 Å². The molecule has 0 fully saturated rings. The van der Waals surface area contributed by atoms with Crippen LogP contribution in [0.5, 0.6) is 0 Å². The van der Waals surface area contributed by atoms with Crippen molar-refractivity contribution in [2.75, 3.05) is 0 Å². The summed E-state index contributed by atoms with van der Waals surface area (Å²) < 4.78 is 0. The molecule has 0 aromatic heterocycles. The van der Waals surface area contributed by atoms with Gasteiger partial charge < -0.3 is 0 Å². The summed E-state index contributed by atoms with van der Waals surface area (Å²) in [6, 6.07) is 6.43. The van der Waals surface area contributed by atoms with E-state index in [9.17, 15) is 9.59 Å². The number of benzene rings is 1. The molecule has 6 heteroatoms. The van der Waals surface area contributed by atoms with Gasteiger partial charge in [-0.05, 0) is 42.9 Å². The number of nitrogens with zero attached hydrogens (tertiary/aromatic N) is 2. The monoisotopic (exact) mass is 330 g/mol. The zero-order chi connectivity index (χ0) is 17.9. The van der Waals surface area contributed by atoms with Crippen LogP contribution in [0.2, 0.25) is 0 Å². The van der Waals surface area contributed by atoms with Crippen molar-refractivity contribution in [3.63, 3.8) is 0 Å². The maximum Gasteiger partial charge on any atom is 0.271 e. The zero-order valence-corrected chi connectivity index (χ0v) is 14.7. The van der Waals surface area contributed by atoms with Crippen molar-refractivity contribution < 1.29 is 9.59 Å². The molecule has 2 amide bonds. The molecule has 2 N–H and O–H groups in total. The van der Waals surface area contributed by atoms with Gasteiger partial charge in [-0.1, -0.05) is 33.8 Å². The molecule has 0 saturated heterocycles. The van der Waals surface area contributed by atoms with Crippen molar-refractivity contribution in [1.82, 2.24) is 10.9 Å². The third-order valence-electron chi connectivity index (χ3n) is 3.06. The normalized spacial score (nSPS) is 11.6. The molecule has 130 valence electrons. The predicted molar refractivity (Wildman–Crippen MR) is 97.3 cm³/mol. The molecule has 0 aliphatic rings. The van der Waals surface area contributed by atoms with Crippen molar-refractivity contribution in [2.24, 2.45) is 22.0 Å². The molecule has 0 heterocycles. The fourth-order valence-corrected chi connectivity index (χ4v) is 1.67. The topological polar surface area (TPSA) is 82.9 Å². The number of hydrogen-bond acceptors (Lipinski definition) is 4.